The van der Waals surface area contributed by atoms with Gasteiger partial charge in [-0.1, -0.05) is 6.07 Å². The number of piperidine rings is 1. The topological polar surface area (TPSA) is 41.1 Å². The van der Waals surface area contributed by atoms with Crippen LogP contribution in [-0.4, -0.2) is 24.0 Å². The van der Waals surface area contributed by atoms with Crippen molar-refractivity contribution < 1.29 is 13.6 Å². The molecule has 1 aromatic carbocycles. The van der Waals surface area contributed by atoms with E-state index in [1.54, 1.807) is 0 Å². The summed E-state index contributed by atoms with van der Waals surface area (Å²) in [5, 5.41) is 6.06. The van der Waals surface area contributed by atoms with Crippen LogP contribution in [-0.2, 0) is 0 Å². The smallest absolute Gasteiger partial charge is 0.257 e. The third kappa shape index (κ3) is 2.98. The van der Waals surface area contributed by atoms with Gasteiger partial charge in [0, 0.05) is 18.1 Å². The molecule has 3 nitrogen and oxygen atoms in total. The molecule has 0 aliphatic carbocycles. The predicted octanol–water partition coefficient (Wildman–Crippen LogP) is 2.53. The largest absolute Gasteiger partial charge is 0.348 e. The summed E-state index contributed by atoms with van der Waals surface area (Å²) in [7, 11) is 0. The molecule has 0 bridgehead atoms. The monoisotopic (exact) mass is 282 g/mol. The van der Waals surface area contributed by atoms with Crippen LogP contribution in [0.3, 0.4) is 0 Å². The van der Waals surface area contributed by atoms with Crippen molar-refractivity contribution in [2.24, 2.45) is 0 Å². The summed E-state index contributed by atoms with van der Waals surface area (Å²) in [6.07, 6.45) is 1.73. The van der Waals surface area contributed by atoms with Crippen LogP contribution in [0, 0.1) is 18.6 Å². The van der Waals surface area contributed by atoms with Crippen LogP contribution >= 0.6 is 0 Å². The first-order chi connectivity index (χ1) is 9.40. The summed E-state index contributed by atoms with van der Waals surface area (Å²) in [6, 6.07) is 2.81. The lowest BCUT2D eigenvalue weighted by Gasteiger charge is -2.34. The second kappa shape index (κ2) is 5.87. The molecule has 2 rings (SSSR count). The van der Waals surface area contributed by atoms with E-state index in [4.69, 9.17) is 0 Å². The van der Waals surface area contributed by atoms with Crippen molar-refractivity contribution in [2.45, 2.75) is 51.7 Å². The Kier molecular flexibility index (Phi) is 4.38. The molecule has 110 valence electrons. The van der Waals surface area contributed by atoms with Gasteiger partial charge in [-0.25, -0.2) is 8.78 Å². The number of benzene rings is 1. The van der Waals surface area contributed by atoms with Crippen molar-refractivity contribution in [3.8, 4) is 0 Å². The molecule has 5 heteroatoms. The van der Waals surface area contributed by atoms with E-state index in [0.29, 0.717) is 6.04 Å². The van der Waals surface area contributed by atoms with Crippen LogP contribution in [0.2, 0.25) is 0 Å². The van der Waals surface area contributed by atoms with E-state index in [9.17, 15) is 13.6 Å². The van der Waals surface area contributed by atoms with Crippen molar-refractivity contribution in [1.29, 1.82) is 0 Å². The Balaban J connectivity index is 2.15. The van der Waals surface area contributed by atoms with Crippen molar-refractivity contribution in [3.05, 3.63) is 34.9 Å². The van der Waals surface area contributed by atoms with Gasteiger partial charge in [0.15, 0.2) is 0 Å². The molecular weight excluding hydrogens is 262 g/mol. The molecule has 3 atom stereocenters. The molecular formula is C15H20F2N2O. The minimum Gasteiger partial charge on any atom is -0.348 e. The molecule has 3 unspecified atom stereocenters. The van der Waals surface area contributed by atoms with Crippen LogP contribution in [0.1, 0.15) is 42.6 Å². The maximum Gasteiger partial charge on any atom is 0.257 e. The highest BCUT2D eigenvalue weighted by Gasteiger charge is 2.28. The first kappa shape index (κ1) is 14.9. The summed E-state index contributed by atoms with van der Waals surface area (Å²) >= 11 is 0. The van der Waals surface area contributed by atoms with E-state index in [2.05, 4.69) is 17.6 Å². The van der Waals surface area contributed by atoms with Crippen molar-refractivity contribution in [1.82, 2.24) is 10.6 Å². The van der Waals surface area contributed by atoms with Gasteiger partial charge >= 0.3 is 0 Å². The lowest BCUT2D eigenvalue weighted by Crippen LogP contribution is -2.54. The molecule has 0 radical (unpaired) electrons. The van der Waals surface area contributed by atoms with Crippen LogP contribution < -0.4 is 10.6 Å². The molecule has 1 aromatic rings. The Morgan fingerprint density at radius 1 is 1.30 bits per heavy atom. The van der Waals surface area contributed by atoms with Gasteiger partial charge in [-0.05, 0) is 45.2 Å². The second-order valence-corrected chi connectivity index (χ2v) is 5.57. The molecule has 1 aliphatic heterocycles. The summed E-state index contributed by atoms with van der Waals surface area (Å²) in [6.45, 7) is 5.55. The van der Waals surface area contributed by atoms with Crippen LogP contribution in [0.25, 0.3) is 0 Å². The van der Waals surface area contributed by atoms with Gasteiger partial charge in [-0.15, -0.1) is 0 Å². The molecule has 1 aliphatic rings. The summed E-state index contributed by atoms with van der Waals surface area (Å²) < 4.78 is 27.6. The zero-order valence-electron chi connectivity index (χ0n) is 12.0. The van der Waals surface area contributed by atoms with Gasteiger partial charge in [0.2, 0.25) is 0 Å². The Bertz CT molecular complexity index is 519. The van der Waals surface area contributed by atoms with E-state index < -0.39 is 23.1 Å². The number of rotatable bonds is 2. The van der Waals surface area contributed by atoms with E-state index >= 15 is 0 Å². The maximum atomic E-state index is 13.9. The molecule has 1 amide bonds. The number of aryl methyl sites for hydroxylation is 1. The number of hydrogen-bond acceptors (Lipinski definition) is 2. The lowest BCUT2D eigenvalue weighted by molar-refractivity contribution is 0.0905. The average Bonchev–Trinajstić information content (AvgIpc) is 2.38. The molecule has 2 N–H and O–H groups in total. The SMILES string of the molecule is Cc1ccc(F)c(C(=O)NC2CCC(C)NC2C)c1F. The van der Waals surface area contributed by atoms with Crippen LogP contribution in [0.15, 0.2) is 12.1 Å². The molecule has 20 heavy (non-hydrogen) atoms. The van der Waals surface area contributed by atoms with Gasteiger partial charge in [0.1, 0.15) is 17.2 Å². The number of carbonyl (C=O) groups excluding carboxylic acids is 1. The fraction of sp³-hybridized carbons (Fsp3) is 0.533. The summed E-state index contributed by atoms with van der Waals surface area (Å²) in [5.74, 6) is -2.29. The number of nitrogens with one attached hydrogen (secondary N) is 2. The molecule has 0 spiro atoms. The Labute approximate surface area is 117 Å². The number of carbonyl (C=O) groups is 1. The average molecular weight is 282 g/mol. The Hall–Kier alpha value is -1.49. The molecule has 0 saturated carbocycles. The first-order valence-electron chi connectivity index (χ1n) is 6.91. The van der Waals surface area contributed by atoms with E-state index in [0.717, 1.165) is 18.9 Å². The third-order valence-corrected chi connectivity index (χ3v) is 3.89. The standard InChI is InChI=1S/C15H20F2N2O/c1-8-4-6-11(16)13(14(8)17)15(20)19-12-7-5-9(2)18-10(12)3/h4,6,9-10,12,18H,5,7H2,1-3H3,(H,19,20). The summed E-state index contributed by atoms with van der Waals surface area (Å²) in [4.78, 5) is 12.1. The van der Waals surface area contributed by atoms with Gasteiger partial charge in [-0.2, -0.15) is 0 Å². The van der Waals surface area contributed by atoms with Gasteiger partial charge in [0.25, 0.3) is 5.91 Å². The Morgan fingerprint density at radius 2 is 2.00 bits per heavy atom. The third-order valence-electron chi connectivity index (χ3n) is 3.89. The van der Waals surface area contributed by atoms with E-state index in [-0.39, 0.29) is 17.6 Å². The minimum absolute atomic E-state index is 0.0821. The van der Waals surface area contributed by atoms with Crippen molar-refractivity contribution in [2.75, 3.05) is 0 Å². The normalized spacial score (nSPS) is 26.4. The van der Waals surface area contributed by atoms with Crippen molar-refractivity contribution >= 4 is 5.91 Å². The second-order valence-electron chi connectivity index (χ2n) is 5.57. The Morgan fingerprint density at radius 3 is 2.65 bits per heavy atom. The quantitative estimate of drug-likeness (QED) is 0.875. The highest BCUT2D eigenvalue weighted by molar-refractivity contribution is 5.95. The van der Waals surface area contributed by atoms with Gasteiger partial charge < -0.3 is 10.6 Å². The molecule has 1 heterocycles. The van der Waals surface area contributed by atoms with Crippen LogP contribution in [0.5, 0.6) is 0 Å². The zero-order valence-corrected chi connectivity index (χ0v) is 12.0. The molecule has 0 aromatic heterocycles. The van der Waals surface area contributed by atoms with Gasteiger partial charge in [0.05, 0.1) is 0 Å². The van der Waals surface area contributed by atoms with Gasteiger partial charge in [-0.3, -0.25) is 4.79 Å². The van der Waals surface area contributed by atoms with Crippen LogP contribution in [0.4, 0.5) is 8.78 Å². The highest BCUT2D eigenvalue weighted by atomic mass is 19.1. The van der Waals surface area contributed by atoms with Crippen molar-refractivity contribution in [3.63, 3.8) is 0 Å². The molecule has 1 fully saturated rings. The maximum absolute atomic E-state index is 13.9. The highest BCUT2D eigenvalue weighted by Crippen LogP contribution is 2.18. The number of hydrogen-bond donors (Lipinski definition) is 2. The number of amides is 1. The van der Waals surface area contributed by atoms with E-state index in [1.807, 2.05) is 6.92 Å². The summed E-state index contributed by atoms with van der Waals surface area (Å²) in [5.41, 5.74) is -0.226. The minimum atomic E-state index is -0.824. The number of halogens is 2. The first-order valence-corrected chi connectivity index (χ1v) is 6.91. The fourth-order valence-electron chi connectivity index (χ4n) is 2.63. The fourth-order valence-corrected chi connectivity index (χ4v) is 2.63. The van der Waals surface area contributed by atoms with E-state index in [1.165, 1.54) is 13.0 Å². The predicted molar refractivity (Wildman–Crippen MR) is 73.6 cm³/mol. The molecule has 1 saturated heterocycles. The lowest BCUT2D eigenvalue weighted by atomic mass is 9.95. The zero-order chi connectivity index (χ0) is 14.9.